The molecular formula is C12H19N5O2. The maximum Gasteiger partial charge on any atom is 0.314 e. The molecule has 2 rings (SSSR count). The summed E-state index contributed by atoms with van der Waals surface area (Å²) in [7, 11) is 0. The van der Waals surface area contributed by atoms with E-state index >= 15 is 0 Å². The molecule has 1 aromatic rings. The normalized spacial score (nSPS) is 18.0. The first-order valence-electron chi connectivity index (χ1n) is 6.49. The molecule has 2 amide bonds. The monoisotopic (exact) mass is 265 g/mol. The number of amides is 2. The number of carbonyl (C=O) groups is 1. The van der Waals surface area contributed by atoms with E-state index in [0.717, 1.165) is 19.4 Å². The number of hydrogen-bond donors (Lipinski definition) is 3. The van der Waals surface area contributed by atoms with Gasteiger partial charge in [-0.1, -0.05) is 0 Å². The van der Waals surface area contributed by atoms with Crippen molar-refractivity contribution in [2.24, 2.45) is 0 Å². The zero-order chi connectivity index (χ0) is 13.3. The van der Waals surface area contributed by atoms with Crippen LogP contribution in [0.1, 0.15) is 12.8 Å². The van der Waals surface area contributed by atoms with Gasteiger partial charge in [0.25, 0.3) is 0 Å². The van der Waals surface area contributed by atoms with Crippen molar-refractivity contribution in [2.75, 3.05) is 31.6 Å². The number of ether oxygens (including phenoxy) is 1. The van der Waals surface area contributed by atoms with E-state index in [-0.39, 0.29) is 12.1 Å². The molecule has 0 spiro atoms. The second-order valence-corrected chi connectivity index (χ2v) is 4.27. The minimum atomic E-state index is -0.175. The van der Waals surface area contributed by atoms with Gasteiger partial charge < -0.3 is 20.7 Å². The minimum Gasteiger partial charge on any atom is -0.376 e. The third kappa shape index (κ3) is 5.09. The van der Waals surface area contributed by atoms with Crippen LogP contribution >= 0.6 is 0 Å². The standard InChI is InChI=1S/C12H19N5O2/c18-12(17-9-10-3-1-8-19-10)16-7-6-15-11-13-4-2-5-14-11/h2,4-5,10H,1,3,6-9H2,(H,13,14,15)(H2,16,17,18)/t10-/m1/s1. The lowest BCUT2D eigenvalue weighted by Crippen LogP contribution is -2.41. The molecule has 1 saturated heterocycles. The van der Waals surface area contributed by atoms with Crippen LogP contribution in [0.25, 0.3) is 0 Å². The number of carbonyl (C=O) groups excluding carboxylic acids is 1. The van der Waals surface area contributed by atoms with E-state index in [9.17, 15) is 4.79 Å². The summed E-state index contributed by atoms with van der Waals surface area (Å²) >= 11 is 0. The van der Waals surface area contributed by atoms with Gasteiger partial charge in [0.2, 0.25) is 5.95 Å². The molecule has 1 aromatic heterocycles. The maximum atomic E-state index is 11.5. The van der Waals surface area contributed by atoms with Crippen LogP contribution in [0.15, 0.2) is 18.5 Å². The van der Waals surface area contributed by atoms with Crippen molar-refractivity contribution < 1.29 is 9.53 Å². The zero-order valence-electron chi connectivity index (χ0n) is 10.8. The number of anilines is 1. The van der Waals surface area contributed by atoms with E-state index in [4.69, 9.17) is 4.74 Å². The Morgan fingerprint density at radius 1 is 1.32 bits per heavy atom. The van der Waals surface area contributed by atoms with Crippen molar-refractivity contribution in [3.63, 3.8) is 0 Å². The third-order valence-corrected chi connectivity index (χ3v) is 2.77. The fourth-order valence-electron chi connectivity index (χ4n) is 1.82. The SMILES string of the molecule is O=C(NCCNc1ncccn1)NC[C@H]1CCCO1. The molecule has 19 heavy (non-hydrogen) atoms. The van der Waals surface area contributed by atoms with E-state index in [0.29, 0.717) is 25.6 Å². The van der Waals surface area contributed by atoms with Gasteiger partial charge in [-0.15, -0.1) is 0 Å². The molecule has 0 radical (unpaired) electrons. The highest BCUT2D eigenvalue weighted by atomic mass is 16.5. The van der Waals surface area contributed by atoms with Gasteiger partial charge in [0.05, 0.1) is 6.10 Å². The van der Waals surface area contributed by atoms with Gasteiger partial charge in [-0.2, -0.15) is 0 Å². The highest BCUT2D eigenvalue weighted by Crippen LogP contribution is 2.10. The summed E-state index contributed by atoms with van der Waals surface area (Å²) in [6.07, 6.45) is 5.60. The second kappa shape index (κ2) is 7.52. The number of rotatable bonds is 6. The third-order valence-electron chi connectivity index (χ3n) is 2.77. The Hall–Kier alpha value is -1.89. The molecule has 1 aliphatic rings. The number of nitrogens with zero attached hydrogens (tertiary/aromatic N) is 2. The van der Waals surface area contributed by atoms with Crippen LogP contribution in [-0.4, -0.2) is 48.3 Å². The average molecular weight is 265 g/mol. The molecule has 2 heterocycles. The Kier molecular flexibility index (Phi) is 5.36. The molecule has 0 unspecified atom stereocenters. The maximum absolute atomic E-state index is 11.5. The Labute approximate surface area is 112 Å². The minimum absolute atomic E-state index is 0.168. The van der Waals surface area contributed by atoms with Gasteiger partial charge in [-0.25, -0.2) is 14.8 Å². The van der Waals surface area contributed by atoms with E-state index in [1.165, 1.54) is 0 Å². The van der Waals surface area contributed by atoms with Crippen LogP contribution in [0, 0.1) is 0 Å². The first-order chi connectivity index (χ1) is 9.34. The molecule has 1 atom stereocenters. The van der Waals surface area contributed by atoms with Crippen LogP contribution in [0.3, 0.4) is 0 Å². The summed E-state index contributed by atoms with van der Waals surface area (Å²) in [6.45, 7) is 2.46. The van der Waals surface area contributed by atoms with Crippen LogP contribution in [0.5, 0.6) is 0 Å². The molecule has 1 fully saturated rings. The Bertz CT molecular complexity index is 381. The smallest absolute Gasteiger partial charge is 0.314 e. The van der Waals surface area contributed by atoms with Gasteiger partial charge in [-0.05, 0) is 18.9 Å². The van der Waals surface area contributed by atoms with Gasteiger partial charge in [0.1, 0.15) is 0 Å². The molecule has 7 heteroatoms. The lowest BCUT2D eigenvalue weighted by atomic mass is 10.2. The van der Waals surface area contributed by atoms with Gasteiger partial charge in [0.15, 0.2) is 0 Å². The molecule has 104 valence electrons. The van der Waals surface area contributed by atoms with Crippen LogP contribution in [-0.2, 0) is 4.74 Å². The predicted octanol–water partition coefficient (Wildman–Crippen LogP) is 0.367. The largest absolute Gasteiger partial charge is 0.376 e. The molecule has 0 aliphatic carbocycles. The summed E-state index contributed by atoms with van der Waals surface area (Å²) < 4.78 is 5.42. The lowest BCUT2D eigenvalue weighted by Gasteiger charge is -2.11. The van der Waals surface area contributed by atoms with Crippen LogP contribution < -0.4 is 16.0 Å². The van der Waals surface area contributed by atoms with Crippen molar-refractivity contribution >= 4 is 12.0 Å². The van der Waals surface area contributed by atoms with Crippen molar-refractivity contribution in [3.8, 4) is 0 Å². The molecule has 0 aromatic carbocycles. The van der Waals surface area contributed by atoms with Crippen molar-refractivity contribution in [3.05, 3.63) is 18.5 Å². The van der Waals surface area contributed by atoms with Crippen molar-refractivity contribution in [2.45, 2.75) is 18.9 Å². The average Bonchev–Trinajstić information content (AvgIpc) is 2.96. The first kappa shape index (κ1) is 13.5. The van der Waals surface area contributed by atoms with Gasteiger partial charge in [0, 0.05) is 38.6 Å². The summed E-state index contributed by atoms with van der Waals surface area (Å²) in [5.74, 6) is 0.559. The summed E-state index contributed by atoms with van der Waals surface area (Å²) in [4.78, 5) is 19.5. The van der Waals surface area contributed by atoms with E-state index in [1.807, 2.05) is 0 Å². The molecule has 3 N–H and O–H groups in total. The van der Waals surface area contributed by atoms with Gasteiger partial charge in [-0.3, -0.25) is 0 Å². The fraction of sp³-hybridized carbons (Fsp3) is 0.583. The quantitative estimate of drug-likeness (QED) is 0.647. The second-order valence-electron chi connectivity index (χ2n) is 4.27. The Morgan fingerprint density at radius 3 is 2.89 bits per heavy atom. The summed E-state index contributed by atoms with van der Waals surface area (Å²) in [5, 5.41) is 8.55. The molecule has 0 saturated carbocycles. The van der Waals surface area contributed by atoms with Crippen molar-refractivity contribution in [1.82, 2.24) is 20.6 Å². The zero-order valence-corrected chi connectivity index (χ0v) is 10.8. The highest BCUT2D eigenvalue weighted by Gasteiger charge is 2.15. The predicted molar refractivity (Wildman–Crippen MR) is 70.9 cm³/mol. The van der Waals surface area contributed by atoms with Crippen LogP contribution in [0.2, 0.25) is 0 Å². The van der Waals surface area contributed by atoms with Gasteiger partial charge >= 0.3 is 6.03 Å². The van der Waals surface area contributed by atoms with Crippen molar-refractivity contribution in [1.29, 1.82) is 0 Å². The van der Waals surface area contributed by atoms with Crippen LogP contribution in [0.4, 0.5) is 10.7 Å². The molecule has 0 bridgehead atoms. The topological polar surface area (TPSA) is 88.2 Å². The number of hydrogen-bond acceptors (Lipinski definition) is 5. The Morgan fingerprint density at radius 2 is 2.16 bits per heavy atom. The first-order valence-corrected chi connectivity index (χ1v) is 6.49. The number of aromatic nitrogens is 2. The molecular weight excluding hydrogens is 246 g/mol. The summed E-state index contributed by atoms with van der Waals surface area (Å²) in [6, 6.07) is 1.58. The summed E-state index contributed by atoms with van der Waals surface area (Å²) in [5.41, 5.74) is 0. The number of urea groups is 1. The van der Waals surface area contributed by atoms with E-state index in [1.54, 1.807) is 18.5 Å². The molecule has 7 nitrogen and oxygen atoms in total. The van der Waals surface area contributed by atoms with E-state index < -0.39 is 0 Å². The molecule has 1 aliphatic heterocycles. The fourth-order valence-corrected chi connectivity index (χ4v) is 1.82. The number of nitrogens with one attached hydrogen (secondary N) is 3. The van der Waals surface area contributed by atoms with E-state index in [2.05, 4.69) is 25.9 Å². The Balaban J connectivity index is 1.51. The highest BCUT2D eigenvalue weighted by molar-refractivity contribution is 5.73. The lowest BCUT2D eigenvalue weighted by molar-refractivity contribution is 0.111.